The molecule has 1 aromatic heterocycles. The molecule has 0 saturated carbocycles. The maximum atomic E-state index is 13.0. The van der Waals surface area contributed by atoms with Gasteiger partial charge in [-0.1, -0.05) is 52.3 Å². The predicted molar refractivity (Wildman–Crippen MR) is 129 cm³/mol. The van der Waals surface area contributed by atoms with Crippen LogP contribution in [0.1, 0.15) is 39.7 Å². The van der Waals surface area contributed by atoms with E-state index in [1.165, 1.54) is 0 Å². The summed E-state index contributed by atoms with van der Waals surface area (Å²) in [6, 6.07) is 4.75. The maximum Gasteiger partial charge on any atom is 0.326 e. The van der Waals surface area contributed by atoms with E-state index in [4.69, 9.17) is 5.73 Å². The largest absolute Gasteiger partial charge is 0.480 e. The molecule has 0 aliphatic rings. The summed E-state index contributed by atoms with van der Waals surface area (Å²) in [5, 5.41) is 17.8. The summed E-state index contributed by atoms with van der Waals surface area (Å²) in [6.45, 7) is 6.70. The number of hydrogen-bond donors (Lipinski definition) is 6. The smallest absolute Gasteiger partial charge is 0.326 e. The molecule has 10 heteroatoms. The summed E-state index contributed by atoms with van der Waals surface area (Å²) in [6.07, 6.45) is 2.66. The molecule has 0 aliphatic carbocycles. The van der Waals surface area contributed by atoms with Gasteiger partial charge < -0.3 is 31.8 Å². The highest BCUT2D eigenvalue weighted by molar-refractivity contribution is 5.93. The van der Waals surface area contributed by atoms with Crippen molar-refractivity contribution < 1.29 is 24.3 Å². The molecule has 1 aromatic carbocycles. The van der Waals surface area contributed by atoms with Crippen molar-refractivity contribution in [2.75, 3.05) is 6.54 Å². The maximum absolute atomic E-state index is 13.0. The quantitative estimate of drug-likeness (QED) is 0.268. The van der Waals surface area contributed by atoms with Crippen molar-refractivity contribution in [2.45, 2.75) is 58.7 Å². The molecule has 0 spiro atoms. The van der Waals surface area contributed by atoms with Crippen molar-refractivity contribution in [2.24, 2.45) is 17.6 Å². The van der Waals surface area contributed by atoms with Crippen LogP contribution in [0.15, 0.2) is 30.5 Å². The second-order valence-corrected chi connectivity index (χ2v) is 8.88. The Morgan fingerprint density at radius 1 is 1.06 bits per heavy atom. The van der Waals surface area contributed by atoms with Crippen molar-refractivity contribution >= 4 is 34.6 Å². The highest BCUT2D eigenvalue weighted by Crippen LogP contribution is 2.19. The number of carboxylic acid groups (broad SMARTS) is 1. The first kappa shape index (κ1) is 26.8. The number of para-hydroxylation sites is 1. The van der Waals surface area contributed by atoms with Gasteiger partial charge in [-0.05, 0) is 23.5 Å². The summed E-state index contributed by atoms with van der Waals surface area (Å²) < 4.78 is 0. The number of amides is 3. The third kappa shape index (κ3) is 7.05. The minimum Gasteiger partial charge on any atom is -0.480 e. The van der Waals surface area contributed by atoms with Gasteiger partial charge >= 0.3 is 5.97 Å². The lowest BCUT2D eigenvalue weighted by Gasteiger charge is -2.23. The van der Waals surface area contributed by atoms with Crippen LogP contribution < -0.4 is 21.7 Å². The number of carboxylic acids is 1. The summed E-state index contributed by atoms with van der Waals surface area (Å²) >= 11 is 0. The summed E-state index contributed by atoms with van der Waals surface area (Å²) in [5.41, 5.74) is 7.77. The molecule has 186 valence electrons. The molecule has 0 bridgehead atoms. The normalized spacial score (nSPS) is 14.8. The third-order valence-electron chi connectivity index (χ3n) is 5.96. The first-order chi connectivity index (χ1) is 16.0. The SMILES string of the molecule is CCC(C)C(N)C(=O)NC(Cc1c[nH]c2ccccc12)C(=O)NCC(=O)NC(C(=O)O)C(C)C. The number of carbonyl (C=O) groups excluding carboxylic acids is 3. The highest BCUT2D eigenvalue weighted by Gasteiger charge is 2.28. The minimum absolute atomic E-state index is 0.0773. The summed E-state index contributed by atoms with van der Waals surface area (Å²) in [4.78, 5) is 52.4. The number of H-pyrrole nitrogens is 1. The molecule has 4 atom stereocenters. The van der Waals surface area contributed by atoms with Crippen LogP contribution in [0.5, 0.6) is 0 Å². The van der Waals surface area contributed by atoms with E-state index in [-0.39, 0.29) is 18.3 Å². The number of nitrogens with one attached hydrogen (secondary N) is 4. The van der Waals surface area contributed by atoms with Crippen molar-refractivity contribution in [3.8, 4) is 0 Å². The first-order valence-corrected chi connectivity index (χ1v) is 11.5. The van der Waals surface area contributed by atoms with Crippen molar-refractivity contribution in [1.82, 2.24) is 20.9 Å². The van der Waals surface area contributed by atoms with E-state index in [1.54, 1.807) is 20.0 Å². The van der Waals surface area contributed by atoms with Crippen molar-refractivity contribution in [3.63, 3.8) is 0 Å². The molecule has 1 heterocycles. The Bertz CT molecular complexity index is 1020. The van der Waals surface area contributed by atoms with Gasteiger partial charge in [0.05, 0.1) is 12.6 Å². The zero-order valence-electron chi connectivity index (χ0n) is 20.1. The molecular weight excluding hydrogens is 438 g/mol. The lowest BCUT2D eigenvalue weighted by molar-refractivity contribution is -0.143. The molecule has 2 aromatic rings. The van der Waals surface area contributed by atoms with Crippen LogP contribution >= 0.6 is 0 Å². The molecule has 34 heavy (non-hydrogen) atoms. The molecule has 10 nitrogen and oxygen atoms in total. The van der Waals surface area contributed by atoms with Gasteiger partial charge in [0.15, 0.2) is 0 Å². The fourth-order valence-electron chi connectivity index (χ4n) is 3.54. The van der Waals surface area contributed by atoms with E-state index in [1.807, 2.05) is 38.1 Å². The zero-order chi connectivity index (χ0) is 25.4. The Kier molecular flexibility index (Phi) is 9.61. The number of hydrogen-bond acceptors (Lipinski definition) is 5. The molecule has 7 N–H and O–H groups in total. The average molecular weight is 474 g/mol. The lowest BCUT2D eigenvalue weighted by atomic mass is 9.98. The minimum atomic E-state index is -1.15. The third-order valence-corrected chi connectivity index (χ3v) is 5.96. The second kappa shape index (κ2) is 12.2. The Morgan fingerprint density at radius 2 is 1.74 bits per heavy atom. The van der Waals surface area contributed by atoms with Crippen LogP contribution in [0.2, 0.25) is 0 Å². The van der Waals surface area contributed by atoms with E-state index >= 15 is 0 Å². The standard InChI is InChI=1S/C24H35N5O5/c1-5-14(4)20(25)23(32)28-18(10-15-11-26-17-9-7-6-8-16(15)17)22(31)27-12-19(30)29-21(13(2)3)24(33)34/h6-9,11,13-14,18,20-21,26H,5,10,12,25H2,1-4H3,(H,27,31)(H,28,32)(H,29,30)(H,33,34). The number of nitrogens with two attached hydrogens (primary N) is 1. The molecule has 0 radical (unpaired) electrons. The van der Waals surface area contributed by atoms with Gasteiger partial charge in [-0.25, -0.2) is 4.79 Å². The number of benzene rings is 1. The van der Waals surface area contributed by atoms with E-state index in [0.717, 1.165) is 16.5 Å². The Morgan fingerprint density at radius 3 is 2.35 bits per heavy atom. The fraction of sp³-hybridized carbons (Fsp3) is 0.500. The van der Waals surface area contributed by atoms with Crippen LogP contribution in [0.25, 0.3) is 10.9 Å². The fourth-order valence-corrected chi connectivity index (χ4v) is 3.54. The molecule has 0 aliphatic heterocycles. The molecule has 4 unspecified atom stereocenters. The van der Waals surface area contributed by atoms with Gasteiger partial charge in [0.1, 0.15) is 12.1 Å². The number of aromatic amines is 1. The van der Waals surface area contributed by atoms with E-state index in [0.29, 0.717) is 6.42 Å². The van der Waals surface area contributed by atoms with Gasteiger partial charge in [-0.2, -0.15) is 0 Å². The van der Waals surface area contributed by atoms with Gasteiger partial charge in [0, 0.05) is 23.5 Å². The van der Waals surface area contributed by atoms with E-state index in [2.05, 4.69) is 20.9 Å². The first-order valence-electron chi connectivity index (χ1n) is 11.5. The predicted octanol–water partition coefficient (Wildman–Crippen LogP) is 0.910. The number of aromatic nitrogens is 1. The van der Waals surface area contributed by atoms with E-state index < -0.39 is 48.4 Å². The Labute approximate surface area is 199 Å². The molecule has 0 saturated heterocycles. The van der Waals surface area contributed by atoms with Crippen LogP contribution in [0.4, 0.5) is 0 Å². The number of carbonyl (C=O) groups is 4. The molecule has 3 amide bonds. The molecular formula is C24H35N5O5. The number of fused-ring (bicyclic) bond motifs is 1. The summed E-state index contributed by atoms with van der Waals surface area (Å²) in [5.74, 6) is -3.22. The van der Waals surface area contributed by atoms with Gasteiger partial charge in [0.25, 0.3) is 0 Å². The molecule has 2 rings (SSSR count). The van der Waals surface area contributed by atoms with Gasteiger partial charge in [-0.3, -0.25) is 14.4 Å². The number of aliphatic carboxylic acids is 1. The van der Waals surface area contributed by atoms with Gasteiger partial charge in [0.2, 0.25) is 17.7 Å². The van der Waals surface area contributed by atoms with Crippen LogP contribution in [-0.2, 0) is 25.6 Å². The average Bonchev–Trinajstić information content (AvgIpc) is 3.21. The zero-order valence-corrected chi connectivity index (χ0v) is 20.1. The lowest BCUT2D eigenvalue weighted by Crippen LogP contribution is -2.55. The molecule has 0 fully saturated rings. The summed E-state index contributed by atoms with van der Waals surface area (Å²) in [7, 11) is 0. The van der Waals surface area contributed by atoms with Crippen LogP contribution in [-0.4, -0.2) is 58.5 Å². The van der Waals surface area contributed by atoms with Gasteiger partial charge in [-0.15, -0.1) is 0 Å². The van der Waals surface area contributed by atoms with Crippen LogP contribution in [0, 0.1) is 11.8 Å². The highest BCUT2D eigenvalue weighted by atomic mass is 16.4. The monoisotopic (exact) mass is 473 g/mol. The van der Waals surface area contributed by atoms with E-state index in [9.17, 15) is 24.3 Å². The van der Waals surface area contributed by atoms with Crippen molar-refractivity contribution in [1.29, 1.82) is 0 Å². The topological polar surface area (TPSA) is 166 Å². The Hall–Kier alpha value is -3.40. The Balaban J connectivity index is 2.14. The second-order valence-electron chi connectivity index (χ2n) is 8.88. The number of rotatable bonds is 12. The van der Waals surface area contributed by atoms with Crippen LogP contribution in [0.3, 0.4) is 0 Å². The van der Waals surface area contributed by atoms with Crippen molar-refractivity contribution in [3.05, 3.63) is 36.0 Å².